The summed E-state index contributed by atoms with van der Waals surface area (Å²) in [4.78, 5) is 8.19. The fraction of sp³-hybridized carbons (Fsp3) is 0.692. The first-order valence-electron chi connectivity index (χ1n) is 6.58. The Morgan fingerprint density at radius 3 is 2.78 bits per heavy atom. The zero-order valence-electron chi connectivity index (χ0n) is 11.0. The number of anilines is 1. The number of ether oxygens (including phenoxy) is 1. The van der Waals surface area contributed by atoms with Crippen LogP contribution < -0.4 is 15.8 Å². The number of rotatable bonds is 5. The lowest BCUT2D eigenvalue weighted by Gasteiger charge is -2.36. The summed E-state index contributed by atoms with van der Waals surface area (Å²) in [6.45, 7) is 1.62. The highest BCUT2D eigenvalue weighted by atomic mass is 16.5. The number of methoxy groups -OCH3 is 1. The third-order valence-corrected chi connectivity index (χ3v) is 3.84. The maximum Gasteiger partial charge on any atom is 0.218 e. The Labute approximate surface area is 108 Å². The predicted molar refractivity (Wildman–Crippen MR) is 71.6 cm³/mol. The Morgan fingerprint density at radius 1 is 1.33 bits per heavy atom. The summed E-state index contributed by atoms with van der Waals surface area (Å²) < 4.78 is 5.08. The van der Waals surface area contributed by atoms with Gasteiger partial charge in [0.25, 0.3) is 0 Å². The van der Waals surface area contributed by atoms with Gasteiger partial charge in [-0.1, -0.05) is 19.3 Å². The number of nitrogens with one attached hydrogen (secondary N) is 1. The van der Waals surface area contributed by atoms with Crippen molar-refractivity contribution in [3.8, 4) is 5.88 Å². The lowest BCUT2D eigenvalue weighted by atomic mass is 9.74. The highest BCUT2D eigenvalue weighted by Gasteiger charge is 2.30. The third-order valence-electron chi connectivity index (χ3n) is 3.84. The topological polar surface area (TPSA) is 73.1 Å². The Kier molecular flexibility index (Phi) is 4.36. The molecular weight excluding hydrogens is 228 g/mol. The molecule has 1 aliphatic carbocycles. The average Bonchev–Trinajstić information content (AvgIpc) is 2.46. The first-order valence-corrected chi connectivity index (χ1v) is 6.58. The Morgan fingerprint density at radius 2 is 2.11 bits per heavy atom. The normalized spacial score (nSPS) is 18.3. The van der Waals surface area contributed by atoms with Crippen molar-refractivity contribution in [2.75, 3.05) is 25.5 Å². The van der Waals surface area contributed by atoms with Crippen molar-refractivity contribution in [2.24, 2.45) is 11.1 Å². The average molecular weight is 250 g/mol. The van der Waals surface area contributed by atoms with E-state index in [1.807, 2.05) is 6.07 Å². The zero-order valence-corrected chi connectivity index (χ0v) is 11.0. The maximum atomic E-state index is 5.96. The first kappa shape index (κ1) is 13.1. The molecule has 0 spiro atoms. The van der Waals surface area contributed by atoms with Crippen molar-refractivity contribution in [3.05, 3.63) is 12.4 Å². The molecule has 100 valence electrons. The molecule has 0 radical (unpaired) electrons. The van der Waals surface area contributed by atoms with E-state index in [-0.39, 0.29) is 5.41 Å². The van der Waals surface area contributed by atoms with Crippen molar-refractivity contribution in [1.82, 2.24) is 9.97 Å². The second-order valence-corrected chi connectivity index (χ2v) is 5.06. The largest absolute Gasteiger partial charge is 0.481 e. The van der Waals surface area contributed by atoms with Crippen LogP contribution in [0.1, 0.15) is 32.1 Å². The molecule has 0 aromatic carbocycles. The van der Waals surface area contributed by atoms with Gasteiger partial charge in [-0.3, -0.25) is 0 Å². The lowest BCUT2D eigenvalue weighted by Crippen LogP contribution is -2.39. The van der Waals surface area contributed by atoms with E-state index < -0.39 is 0 Å². The van der Waals surface area contributed by atoms with E-state index in [4.69, 9.17) is 10.5 Å². The SMILES string of the molecule is COc1cc(NCC2(CN)CCCCC2)ncn1. The van der Waals surface area contributed by atoms with Crippen LogP contribution in [0.4, 0.5) is 5.82 Å². The Bertz CT molecular complexity index is 377. The van der Waals surface area contributed by atoms with Crippen LogP contribution in [-0.2, 0) is 0 Å². The second-order valence-electron chi connectivity index (χ2n) is 5.06. The smallest absolute Gasteiger partial charge is 0.218 e. The van der Waals surface area contributed by atoms with Gasteiger partial charge in [0.15, 0.2) is 0 Å². The Balaban J connectivity index is 1.96. The zero-order chi connectivity index (χ0) is 12.8. The van der Waals surface area contributed by atoms with Crippen LogP contribution in [0, 0.1) is 5.41 Å². The van der Waals surface area contributed by atoms with Crippen molar-refractivity contribution in [3.63, 3.8) is 0 Å². The minimum Gasteiger partial charge on any atom is -0.481 e. The molecule has 0 bridgehead atoms. The van der Waals surface area contributed by atoms with Crippen molar-refractivity contribution in [1.29, 1.82) is 0 Å². The molecule has 0 aliphatic heterocycles. The summed E-state index contributed by atoms with van der Waals surface area (Å²) in [6, 6.07) is 1.81. The van der Waals surface area contributed by atoms with E-state index in [2.05, 4.69) is 15.3 Å². The molecule has 0 unspecified atom stereocenters. The van der Waals surface area contributed by atoms with Gasteiger partial charge in [-0.05, 0) is 24.8 Å². The summed E-state index contributed by atoms with van der Waals surface area (Å²) in [7, 11) is 1.61. The van der Waals surface area contributed by atoms with Gasteiger partial charge in [0.05, 0.1) is 7.11 Å². The van der Waals surface area contributed by atoms with E-state index in [1.54, 1.807) is 7.11 Å². The van der Waals surface area contributed by atoms with Crippen molar-refractivity contribution >= 4 is 5.82 Å². The molecule has 1 fully saturated rings. The van der Waals surface area contributed by atoms with Crippen LogP contribution >= 0.6 is 0 Å². The van der Waals surface area contributed by atoms with Gasteiger partial charge in [-0.2, -0.15) is 0 Å². The van der Waals surface area contributed by atoms with Gasteiger partial charge in [0, 0.05) is 12.6 Å². The molecule has 1 aromatic heterocycles. The standard InChI is InChI=1S/C13H22N4O/c1-18-12-7-11(16-10-17-12)15-9-13(8-14)5-3-2-4-6-13/h7,10H,2-6,8-9,14H2,1H3,(H,15,16,17). The fourth-order valence-corrected chi connectivity index (χ4v) is 2.58. The molecule has 2 rings (SSSR count). The van der Waals surface area contributed by atoms with Crippen LogP contribution in [0.15, 0.2) is 12.4 Å². The van der Waals surface area contributed by atoms with Gasteiger partial charge in [0.2, 0.25) is 5.88 Å². The predicted octanol–water partition coefficient (Wildman–Crippen LogP) is 1.81. The minimum absolute atomic E-state index is 0.233. The molecule has 5 heteroatoms. The highest BCUT2D eigenvalue weighted by molar-refractivity contribution is 5.37. The van der Waals surface area contributed by atoms with Crippen molar-refractivity contribution in [2.45, 2.75) is 32.1 Å². The van der Waals surface area contributed by atoms with E-state index in [0.717, 1.165) is 18.9 Å². The van der Waals surface area contributed by atoms with Crippen LogP contribution in [0.3, 0.4) is 0 Å². The minimum atomic E-state index is 0.233. The van der Waals surface area contributed by atoms with Crippen LogP contribution in [-0.4, -0.2) is 30.2 Å². The van der Waals surface area contributed by atoms with Gasteiger partial charge in [-0.15, -0.1) is 0 Å². The Hall–Kier alpha value is -1.36. The van der Waals surface area contributed by atoms with E-state index >= 15 is 0 Å². The molecule has 1 heterocycles. The monoisotopic (exact) mass is 250 g/mol. The number of nitrogens with zero attached hydrogens (tertiary/aromatic N) is 2. The summed E-state index contributed by atoms with van der Waals surface area (Å²) in [5, 5.41) is 3.37. The van der Waals surface area contributed by atoms with Crippen molar-refractivity contribution < 1.29 is 4.74 Å². The first-order chi connectivity index (χ1) is 8.78. The summed E-state index contributed by atoms with van der Waals surface area (Å²) >= 11 is 0. The number of nitrogens with two attached hydrogens (primary N) is 1. The van der Waals surface area contributed by atoms with Gasteiger partial charge in [0.1, 0.15) is 12.1 Å². The molecule has 1 aromatic rings. The molecule has 1 aliphatic rings. The molecule has 5 nitrogen and oxygen atoms in total. The van der Waals surface area contributed by atoms with Gasteiger partial charge < -0.3 is 15.8 Å². The van der Waals surface area contributed by atoms with Crippen LogP contribution in [0.5, 0.6) is 5.88 Å². The van der Waals surface area contributed by atoms with E-state index in [1.165, 1.54) is 38.4 Å². The van der Waals surface area contributed by atoms with Gasteiger partial charge in [-0.25, -0.2) is 9.97 Å². The van der Waals surface area contributed by atoms with Crippen LogP contribution in [0.2, 0.25) is 0 Å². The number of hydrogen-bond donors (Lipinski definition) is 2. The van der Waals surface area contributed by atoms with E-state index in [0.29, 0.717) is 5.88 Å². The molecule has 1 saturated carbocycles. The lowest BCUT2D eigenvalue weighted by molar-refractivity contribution is 0.215. The van der Waals surface area contributed by atoms with E-state index in [9.17, 15) is 0 Å². The number of aromatic nitrogens is 2. The molecule has 0 amide bonds. The maximum absolute atomic E-state index is 5.96. The molecule has 18 heavy (non-hydrogen) atoms. The molecule has 3 N–H and O–H groups in total. The third kappa shape index (κ3) is 3.10. The molecule has 0 atom stereocenters. The fourth-order valence-electron chi connectivity index (χ4n) is 2.58. The second kappa shape index (κ2) is 6.00. The summed E-state index contributed by atoms with van der Waals surface area (Å²) in [5.41, 5.74) is 6.19. The van der Waals surface area contributed by atoms with Gasteiger partial charge >= 0.3 is 0 Å². The summed E-state index contributed by atoms with van der Waals surface area (Å²) in [5.74, 6) is 1.39. The highest BCUT2D eigenvalue weighted by Crippen LogP contribution is 2.35. The van der Waals surface area contributed by atoms with Crippen LogP contribution in [0.25, 0.3) is 0 Å². The molecule has 0 saturated heterocycles. The molecular formula is C13H22N4O. The summed E-state index contributed by atoms with van der Waals surface area (Å²) in [6.07, 6.45) is 7.83. The number of hydrogen-bond acceptors (Lipinski definition) is 5. The quantitative estimate of drug-likeness (QED) is 0.833.